The minimum Gasteiger partial charge on any atom is -0.504 e. The van der Waals surface area contributed by atoms with Gasteiger partial charge in [0.1, 0.15) is 0 Å². The Morgan fingerprint density at radius 2 is 1.85 bits per heavy atom. The van der Waals surface area contributed by atoms with Gasteiger partial charge in [-0.05, 0) is 24.1 Å². The van der Waals surface area contributed by atoms with E-state index in [1.165, 1.54) is 13.2 Å². The number of hydrogen-bond donors (Lipinski definition) is 2. The Morgan fingerprint density at radius 3 is 2.30 bits per heavy atom. The van der Waals surface area contributed by atoms with Gasteiger partial charge in [0.05, 0.1) is 26.4 Å². The van der Waals surface area contributed by atoms with Gasteiger partial charge in [-0.25, -0.2) is 0 Å². The van der Waals surface area contributed by atoms with Crippen LogP contribution in [0.1, 0.15) is 25.0 Å². The second-order valence-electron chi connectivity index (χ2n) is 3.97. The number of rotatable bonds is 7. The van der Waals surface area contributed by atoms with Crippen LogP contribution in [0.4, 0.5) is 0 Å². The Morgan fingerprint density at radius 1 is 1.25 bits per heavy atom. The summed E-state index contributed by atoms with van der Waals surface area (Å²) in [7, 11) is 1.48. The van der Waals surface area contributed by atoms with Crippen LogP contribution in [0, 0.1) is 0 Å². The summed E-state index contributed by atoms with van der Waals surface area (Å²) in [5.41, 5.74) is 0.761. The third kappa shape index (κ3) is 6.97. The van der Waals surface area contributed by atoms with Gasteiger partial charge in [0.15, 0.2) is 11.5 Å². The highest BCUT2D eigenvalue weighted by molar-refractivity contribution is 5.42. The predicted octanol–water partition coefficient (Wildman–Crippen LogP) is 3.22. The van der Waals surface area contributed by atoms with Crippen molar-refractivity contribution in [1.82, 2.24) is 0 Å². The van der Waals surface area contributed by atoms with Crippen LogP contribution in [-0.4, -0.2) is 30.5 Å². The molecular weight excluding hydrogens is 256 g/mol. The quantitative estimate of drug-likeness (QED) is 0.595. The van der Waals surface area contributed by atoms with E-state index >= 15 is 0 Å². The molecule has 0 aliphatic rings. The molecule has 0 saturated heterocycles. The van der Waals surface area contributed by atoms with Gasteiger partial charge in [-0.3, -0.25) is 0 Å². The standard InChI is InChI=1S/C10H14O3.C6H10O/c1-3-8(11)7-4-5-9(12)10(6-7)13-2;1-3-5-7-6-4-2/h4-6,8,11-12H,3H2,1-2H3;3-4H,1-2,5-6H2. The van der Waals surface area contributed by atoms with Gasteiger partial charge in [-0.15, -0.1) is 13.2 Å². The molecule has 112 valence electrons. The zero-order chi connectivity index (χ0) is 15.4. The minimum absolute atomic E-state index is 0.0922. The van der Waals surface area contributed by atoms with Crippen LogP contribution in [0.2, 0.25) is 0 Å². The molecule has 0 spiro atoms. The summed E-state index contributed by atoms with van der Waals surface area (Å²) < 4.78 is 9.82. The predicted molar refractivity (Wildman–Crippen MR) is 81.1 cm³/mol. The molecule has 0 aromatic heterocycles. The van der Waals surface area contributed by atoms with E-state index in [0.717, 1.165) is 5.56 Å². The van der Waals surface area contributed by atoms with Gasteiger partial charge in [-0.2, -0.15) is 0 Å². The number of methoxy groups -OCH3 is 1. The van der Waals surface area contributed by atoms with Gasteiger partial charge in [0.25, 0.3) is 0 Å². The topological polar surface area (TPSA) is 58.9 Å². The Bertz CT molecular complexity index is 393. The highest BCUT2D eigenvalue weighted by atomic mass is 16.5. The van der Waals surface area contributed by atoms with Gasteiger partial charge < -0.3 is 19.7 Å². The summed E-state index contributed by atoms with van der Waals surface area (Å²) in [6, 6.07) is 4.85. The lowest BCUT2D eigenvalue weighted by Crippen LogP contribution is -1.95. The van der Waals surface area contributed by atoms with E-state index in [4.69, 9.17) is 9.47 Å². The first-order chi connectivity index (χ1) is 9.60. The highest BCUT2D eigenvalue weighted by Gasteiger charge is 2.08. The fourth-order valence-electron chi connectivity index (χ4n) is 1.37. The Kier molecular flexibility index (Phi) is 10.1. The number of phenolic OH excluding ortho intramolecular Hbond substituents is 1. The molecule has 0 saturated carbocycles. The molecule has 2 N–H and O–H groups in total. The average Bonchev–Trinajstić information content (AvgIpc) is 2.48. The van der Waals surface area contributed by atoms with E-state index < -0.39 is 6.10 Å². The molecule has 0 fully saturated rings. The molecule has 0 bridgehead atoms. The van der Waals surface area contributed by atoms with Crippen molar-refractivity contribution in [3.63, 3.8) is 0 Å². The molecule has 0 radical (unpaired) electrons. The maximum absolute atomic E-state index is 9.50. The van der Waals surface area contributed by atoms with Crippen LogP contribution in [0.25, 0.3) is 0 Å². The first kappa shape index (κ1) is 18.2. The van der Waals surface area contributed by atoms with E-state index in [-0.39, 0.29) is 5.75 Å². The number of aromatic hydroxyl groups is 1. The normalized spacial score (nSPS) is 10.9. The first-order valence-corrected chi connectivity index (χ1v) is 6.45. The number of phenols is 1. The van der Waals surface area contributed by atoms with Gasteiger partial charge in [0.2, 0.25) is 0 Å². The number of aliphatic hydroxyl groups excluding tert-OH is 1. The van der Waals surface area contributed by atoms with E-state index in [1.54, 1.807) is 24.3 Å². The zero-order valence-corrected chi connectivity index (χ0v) is 12.2. The van der Waals surface area contributed by atoms with Gasteiger partial charge >= 0.3 is 0 Å². The molecule has 20 heavy (non-hydrogen) atoms. The van der Waals surface area contributed by atoms with Crippen molar-refractivity contribution in [2.24, 2.45) is 0 Å². The smallest absolute Gasteiger partial charge is 0.160 e. The molecule has 1 aromatic carbocycles. The number of aliphatic hydroxyl groups is 1. The van der Waals surface area contributed by atoms with Crippen LogP contribution in [0.5, 0.6) is 11.5 Å². The van der Waals surface area contributed by atoms with Crippen LogP contribution in [0.15, 0.2) is 43.5 Å². The molecule has 1 rings (SSSR count). The zero-order valence-electron chi connectivity index (χ0n) is 12.2. The minimum atomic E-state index is -0.491. The SMILES string of the molecule is C=CCOCC=C.CCC(O)c1ccc(O)c(OC)c1. The molecule has 0 aliphatic heterocycles. The number of ether oxygens (including phenoxy) is 2. The molecule has 0 aliphatic carbocycles. The summed E-state index contributed by atoms with van der Waals surface area (Å²) in [6.45, 7) is 10.1. The van der Waals surface area contributed by atoms with Crippen molar-refractivity contribution < 1.29 is 19.7 Å². The summed E-state index contributed by atoms with van der Waals surface area (Å²) in [5, 5.41) is 18.8. The molecule has 1 aromatic rings. The van der Waals surface area contributed by atoms with Crippen molar-refractivity contribution in [2.45, 2.75) is 19.4 Å². The maximum Gasteiger partial charge on any atom is 0.160 e. The van der Waals surface area contributed by atoms with Crippen molar-refractivity contribution >= 4 is 0 Å². The summed E-state index contributed by atoms with van der Waals surface area (Å²) >= 11 is 0. The third-order valence-corrected chi connectivity index (χ3v) is 2.45. The maximum atomic E-state index is 9.50. The molecule has 4 nitrogen and oxygen atoms in total. The Balaban J connectivity index is 0.000000441. The largest absolute Gasteiger partial charge is 0.504 e. The fraction of sp³-hybridized carbons (Fsp3) is 0.375. The molecule has 1 unspecified atom stereocenters. The molecule has 4 heteroatoms. The third-order valence-electron chi connectivity index (χ3n) is 2.45. The van der Waals surface area contributed by atoms with Crippen molar-refractivity contribution in [1.29, 1.82) is 0 Å². The van der Waals surface area contributed by atoms with E-state index in [9.17, 15) is 10.2 Å². The second-order valence-corrected chi connectivity index (χ2v) is 3.97. The summed E-state index contributed by atoms with van der Waals surface area (Å²) in [4.78, 5) is 0. The van der Waals surface area contributed by atoms with Crippen LogP contribution in [-0.2, 0) is 4.74 Å². The second kappa shape index (κ2) is 11.1. The van der Waals surface area contributed by atoms with Crippen LogP contribution in [0.3, 0.4) is 0 Å². The fourth-order valence-corrected chi connectivity index (χ4v) is 1.37. The highest BCUT2D eigenvalue weighted by Crippen LogP contribution is 2.29. The lowest BCUT2D eigenvalue weighted by atomic mass is 10.1. The Labute approximate surface area is 121 Å². The Hall–Kier alpha value is -1.78. The molecular formula is C16H24O4. The lowest BCUT2D eigenvalue weighted by molar-refractivity contribution is 0.173. The molecule has 0 heterocycles. The van der Waals surface area contributed by atoms with E-state index in [2.05, 4.69) is 13.2 Å². The summed E-state index contributed by atoms with van der Waals surface area (Å²) in [5.74, 6) is 0.486. The van der Waals surface area contributed by atoms with Crippen LogP contribution >= 0.6 is 0 Å². The van der Waals surface area contributed by atoms with Crippen molar-refractivity contribution in [3.8, 4) is 11.5 Å². The number of hydrogen-bond acceptors (Lipinski definition) is 4. The average molecular weight is 280 g/mol. The first-order valence-electron chi connectivity index (χ1n) is 6.45. The monoisotopic (exact) mass is 280 g/mol. The van der Waals surface area contributed by atoms with Crippen LogP contribution < -0.4 is 4.74 Å². The molecule has 0 amide bonds. The van der Waals surface area contributed by atoms with E-state index in [1.807, 2.05) is 6.92 Å². The lowest BCUT2D eigenvalue weighted by Gasteiger charge is -2.10. The molecule has 1 atom stereocenters. The van der Waals surface area contributed by atoms with Gasteiger partial charge in [0, 0.05) is 0 Å². The van der Waals surface area contributed by atoms with Crippen molar-refractivity contribution in [3.05, 3.63) is 49.1 Å². The number of benzene rings is 1. The van der Waals surface area contributed by atoms with E-state index in [0.29, 0.717) is 25.4 Å². The summed E-state index contributed by atoms with van der Waals surface area (Å²) in [6.07, 6.45) is 3.58. The van der Waals surface area contributed by atoms with Crippen molar-refractivity contribution in [2.75, 3.05) is 20.3 Å². The van der Waals surface area contributed by atoms with Gasteiger partial charge in [-0.1, -0.05) is 25.1 Å².